The molecule has 2 N–H and O–H groups in total. The summed E-state index contributed by atoms with van der Waals surface area (Å²) in [4.78, 5) is 24.8. The Labute approximate surface area is 108 Å². The second-order valence-corrected chi connectivity index (χ2v) is 4.03. The zero-order chi connectivity index (χ0) is 13.8. The highest BCUT2D eigenvalue weighted by Crippen LogP contribution is 2.14. The first kappa shape index (κ1) is 13.0. The first-order valence-corrected chi connectivity index (χ1v) is 5.74. The average Bonchev–Trinajstić information content (AvgIpc) is 2.39. The molecule has 98 valence electrons. The maximum Gasteiger partial charge on any atom is 0.332 e. The fraction of sp³-hybridized carbons (Fsp3) is 0.154. The van der Waals surface area contributed by atoms with E-state index in [9.17, 15) is 14.9 Å². The summed E-state index contributed by atoms with van der Waals surface area (Å²) in [6.45, 7) is 0.712. The number of H-pyrrole nitrogens is 1. The van der Waals surface area contributed by atoms with Crippen molar-refractivity contribution in [1.29, 1.82) is 0 Å². The maximum absolute atomic E-state index is 12.0. The van der Waals surface area contributed by atoms with Crippen molar-refractivity contribution in [3.8, 4) is 0 Å². The Morgan fingerprint density at radius 3 is 2.95 bits per heavy atom. The van der Waals surface area contributed by atoms with Gasteiger partial charge in [-0.05, 0) is 24.7 Å². The van der Waals surface area contributed by atoms with Crippen molar-refractivity contribution in [3.05, 3.63) is 56.4 Å². The lowest BCUT2D eigenvalue weighted by Gasteiger charge is -2.00. The molecule has 0 saturated heterocycles. The number of nitro groups is 1. The van der Waals surface area contributed by atoms with Crippen molar-refractivity contribution in [2.24, 2.45) is 0 Å². The largest absolute Gasteiger partial charge is 0.355 e. The number of fused-ring (bicyclic) bond motifs is 1. The smallest absolute Gasteiger partial charge is 0.332 e. The van der Waals surface area contributed by atoms with E-state index in [-0.39, 0.29) is 0 Å². The minimum absolute atomic E-state index is 0.320. The molecule has 0 bridgehead atoms. The van der Waals surface area contributed by atoms with Crippen LogP contribution in [0.25, 0.3) is 17.0 Å². The minimum atomic E-state index is -0.679. The third-order valence-electron chi connectivity index (χ3n) is 2.71. The minimum Gasteiger partial charge on any atom is -0.355 e. The van der Waals surface area contributed by atoms with Gasteiger partial charge < -0.3 is 10.3 Å². The predicted octanol–water partition coefficient (Wildman–Crippen LogP) is 1.67. The SMILES string of the molecule is CNCC=Cc1ccc2[nH]cc([N+](=O)[O-])c(=O)c2c1. The van der Waals surface area contributed by atoms with Crippen molar-refractivity contribution in [3.63, 3.8) is 0 Å². The van der Waals surface area contributed by atoms with Crippen molar-refractivity contribution in [2.75, 3.05) is 13.6 Å². The molecule has 2 aromatic rings. The average molecular weight is 259 g/mol. The third-order valence-corrected chi connectivity index (χ3v) is 2.71. The number of benzene rings is 1. The Kier molecular flexibility index (Phi) is 3.72. The quantitative estimate of drug-likeness (QED) is 0.645. The van der Waals surface area contributed by atoms with Crippen LogP contribution >= 0.6 is 0 Å². The Morgan fingerprint density at radius 2 is 2.26 bits per heavy atom. The maximum atomic E-state index is 12.0. The van der Waals surface area contributed by atoms with Gasteiger partial charge in [0.05, 0.1) is 16.5 Å². The van der Waals surface area contributed by atoms with Crippen LogP contribution < -0.4 is 10.7 Å². The molecule has 1 aromatic carbocycles. The second kappa shape index (κ2) is 5.45. The van der Waals surface area contributed by atoms with Crippen LogP contribution in [0.1, 0.15) is 5.56 Å². The number of nitrogens with zero attached hydrogens (tertiary/aromatic N) is 1. The molecule has 0 amide bonds. The van der Waals surface area contributed by atoms with Crippen LogP contribution in [0.3, 0.4) is 0 Å². The number of hydrogen-bond acceptors (Lipinski definition) is 4. The molecule has 0 radical (unpaired) electrons. The van der Waals surface area contributed by atoms with Gasteiger partial charge in [-0.1, -0.05) is 18.2 Å². The van der Waals surface area contributed by atoms with E-state index in [1.807, 2.05) is 25.3 Å². The lowest BCUT2D eigenvalue weighted by atomic mass is 10.1. The predicted molar refractivity (Wildman–Crippen MR) is 74.2 cm³/mol. The second-order valence-electron chi connectivity index (χ2n) is 4.03. The van der Waals surface area contributed by atoms with Gasteiger partial charge in [0, 0.05) is 12.1 Å². The summed E-state index contributed by atoms with van der Waals surface area (Å²) in [5, 5.41) is 14.0. The summed E-state index contributed by atoms with van der Waals surface area (Å²) in [7, 11) is 1.83. The Morgan fingerprint density at radius 1 is 1.47 bits per heavy atom. The van der Waals surface area contributed by atoms with Gasteiger partial charge in [-0.3, -0.25) is 14.9 Å². The molecule has 0 saturated carbocycles. The fourth-order valence-corrected chi connectivity index (χ4v) is 1.78. The summed E-state index contributed by atoms with van der Waals surface area (Å²) >= 11 is 0. The Bertz CT molecular complexity index is 704. The third kappa shape index (κ3) is 2.69. The molecule has 2 rings (SSSR count). The van der Waals surface area contributed by atoms with Crippen LogP contribution in [0.5, 0.6) is 0 Å². The molecule has 0 atom stereocenters. The van der Waals surface area contributed by atoms with Crippen molar-refractivity contribution >= 4 is 22.7 Å². The molecule has 0 unspecified atom stereocenters. The van der Waals surface area contributed by atoms with E-state index in [1.165, 1.54) is 0 Å². The van der Waals surface area contributed by atoms with Crippen LogP contribution in [-0.4, -0.2) is 23.5 Å². The molecule has 1 aromatic heterocycles. The number of aromatic amines is 1. The highest BCUT2D eigenvalue weighted by Gasteiger charge is 2.14. The van der Waals surface area contributed by atoms with Crippen LogP contribution in [0.4, 0.5) is 5.69 Å². The van der Waals surface area contributed by atoms with E-state index >= 15 is 0 Å². The van der Waals surface area contributed by atoms with E-state index in [2.05, 4.69) is 10.3 Å². The number of aromatic nitrogens is 1. The molecule has 0 aliphatic carbocycles. The van der Waals surface area contributed by atoms with Gasteiger partial charge in [0.25, 0.3) is 5.43 Å². The van der Waals surface area contributed by atoms with Crippen LogP contribution in [0.2, 0.25) is 0 Å². The highest BCUT2D eigenvalue weighted by molar-refractivity contribution is 5.82. The van der Waals surface area contributed by atoms with E-state index in [4.69, 9.17) is 0 Å². The van der Waals surface area contributed by atoms with E-state index in [0.717, 1.165) is 11.8 Å². The van der Waals surface area contributed by atoms with Crippen molar-refractivity contribution < 1.29 is 4.92 Å². The number of pyridine rings is 1. The number of nitrogens with one attached hydrogen (secondary N) is 2. The monoisotopic (exact) mass is 259 g/mol. The first-order valence-electron chi connectivity index (χ1n) is 5.74. The molecule has 0 aliphatic heterocycles. The number of rotatable bonds is 4. The summed E-state index contributed by atoms with van der Waals surface area (Å²) in [5.41, 5.74) is 0.404. The summed E-state index contributed by atoms with van der Waals surface area (Å²) < 4.78 is 0. The van der Waals surface area contributed by atoms with Crippen molar-refractivity contribution in [1.82, 2.24) is 10.3 Å². The Balaban J connectivity index is 2.54. The van der Waals surface area contributed by atoms with Crippen LogP contribution in [0, 0.1) is 10.1 Å². The number of hydrogen-bond donors (Lipinski definition) is 2. The van der Waals surface area contributed by atoms with Crippen LogP contribution in [0.15, 0.2) is 35.3 Å². The molecule has 0 spiro atoms. The standard InChI is InChI=1S/C13H13N3O3/c1-14-6-2-3-9-4-5-11-10(7-9)13(17)12(8-15-11)16(18)19/h2-5,7-8,14H,6H2,1H3,(H,15,17). The summed E-state index contributed by atoms with van der Waals surface area (Å²) in [6.07, 6.45) is 4.89. The summed E-state index contributed by atoms with van der Waals surface area (Å²) in [5.74, 6) is 0. The van der Waals surface area contributed by atoms with Gasteiger partial charge in [-0.2, -0.15) is 0 Å². The number of likely N-dealkylation sites (N-methyl/N-ethyl adjacent to an activating group) is 1. The molecule has 6 heteroatoms. The fourth-order valence-electron chi connectivity index (χ4n) is 1.78. The normalized spacial score (nSPS) is 11.2. The topological polar surface area (TPSA) is 88.0 Å². The highest BCUT2D eigenvalue weighted by atomic mass is 16.6. The molecule has 19 heavy (non-hydrogen) atoms. The molecular formula is C13H13N3O3. The molecule has 1 heterocycles. The van der Waals surface area contributed by atoms with Gasteiger partial charge in [0.2, 0.25) is 0 Å². The molecule has 0 fully saturated rings. The Hall–Kier alpha value is -2.47. The summed E-state index contributed by atoms with van der Waals surface area (Å²) in [6, 6.07) is 5.23. The lowest BCUT2D eigenvalue weighted by molar-refractivity contribution is -0.386. The van der Waals surface area contributed by atoms with E-state index in [1.54, 1.807) is 12.1 Å². The zero-order valence-electron chi connectivity index (χ0n) is 10.3. The molecular weight excluding hydrogens is 246 g/mol. The van der Waals surface area contributed by atoms with Gasteiger partial charge in [0.15, 0.2) is 0 Å². The first-order chi connectivity index (χ1) is 9.13. The van der Waals surface area contributed by atoms with E-state index in [0.29, 0.717) is 17.4 Å². The molecule has 6 nitrogen and oxygen atoms in total. The zero-order valence-corrected chi connectivity index (χ0v) is 10.3. The lowest BCUT2D eigenvalue weighted by Crippen LogP contribution is -2.09. The molecule has 0 aliphatic rings. The van der Waals surface area contributed by atoms with Gasteiger partial charge >= 0.3 is 5.69 Å². The van der Waals surface area contributed by atoms with Crippen molar-refractivity contribution in [2.45, 2.75) is 0 Å². The van der Waals surface area contributed by atoms with Gasteiger partial charge in [-0.25, -0.2) is 0 Å². The van der Waals surface area contributed by atoms with Crippen LogP contribution in [-0.2, 0) is 0 Å². The van der Waals surface area contributed by atoms with Gasteiger partial charge in [0.1, 0.15) is 0 Å². The van der Waals surface area contributed by atoms with Gasteiger partial charge in [-0.15, -0.1) is 0 Å². The van der Waals surface area contributed by atoms with E-state index < -0.39 is 16.0 Å².